The van der Waals surface area contributed by atoms with E-state index in [2.05, 4.69) is 9.71 Å². The van der Waals surface area contributed by atoms with Crippen LogP contribution in [-0.4, -0.2) is 40.8 Å². The average Bonchev–Trinajstić information content (AvgIpc) is 3.21. The van der Waals surface area contributed by atoms with E-state index in [1.54, 1.807) is 13.0 Å². The summed E-state index contributed by atoms with van der Waals surface area (Å²) in [5.74, 6) is 0. The molecule has 3 aromatic rings. The molecular formula is C20H24N4O5S2. The zero-order valence-corrected chi connectivity index (χ0v) is 19.4. The molecule has 1 N–H and O–H groups in total. The van der Waals surface area contributed by atoms with Crippen molar-refractivity contribution in [1.82, 2.24) is 18.8 Å². The van der Waals surface area contributed by atoms with Gasteiger partial charge in [-0.25, -0.2) is 27.7 Å². The smallest absolute Gasteiger partial charge is 0.422 e. The highest BCUT2D eigenvalue weighted by molar-refractivity contribution is 7.89. The van der Waals surface area contributed by atoms with Gasteiger partial charge in [0, 0.05) is 10.4 Å². The molecule has 31 heavy (non-hydrogen) atoms. The molecule has 0 unspecified atom stereocenters. The number of nitrogens with zero attached hydrogens (tertiary/aromatic N) is 3. The summed E-state index contributed by atoms with van der Waals surface area (Å²) >= 11 is 1.47. The minimum atomic E-state index is -3.80. The summed E-state index contributed by atoms with van der Waals surface area (Å²) in [6.45, 7) is 7.54. The molecule has 0 atom stereocenters. The Labute approximate surface area is 183 Å². The molecule has 4 rings (SSSR count). The molecule has 0 aliphatic heterocycles. The first-order chi connectivity index (χ1) is 14.5. The van der Waals surface area contributed by atoms with E-state index in [0.29, 0.717) is 5.52 Å². The highest BCUT2D eigenvalue weighted by atomic mass is 32.2. The van der Waals surface area contributed by atoms with Crippen LogP contribution in [0.3, 0.4) is 0 Å². The molecule has 11 heteroatoms. The number of thiazole rings is 1. The molecule has 166 valence electrons. The van der Waals surface area contributed by atoms with Gasteiger partial charge in [0.1, 0.15) is 0 Å². The number of hydrogen-bond donors (Lipinski definition) is 1. The van der Waals surface area contributed by atoms with Crippen molar-refractivity contribution in [3.63, 3.8) is 0 Å². The van der Waals surface area contributed by atoms with Crippen LogP contribution in [0.4, 0.5) is 4.79 Å². The number of nitrogens with one attached hydrogen (secondary N) is 1. The van der Waals surface area contributed by atoms with E-state index in [1.807, 2.05) is 20.8 Å². The summed E-state index contributed by atoms with van der Waals surface area (Å²) in [5.41, 5.74) is 0.413. The minimum Gasteiger partial charge on any atom is -0.449 e. The highest BCUT2D eigenvalue weighted by Crippen LogP contribution is 2.36. The molecule has 1 aliphatic rings. The minimum absolute atomic E-state index is 0.00635. The Bertz CT molecular complexity index is 1350. The lowest BCUT2D eigenvalue weighted by molar-refractivity contribution is 0.154. The van der Waals surface area contributed by atoms with Crippen LogP contribution in [0.5, 0.6) is 0 Å². The van der Waals surface area contributed by atoms with Crippen LogP contribution in [0.1, 0.15) is 42.3 Å². The third-order valence-corrected chi connectivity index (χ3v) is 8.04. The van der Waals surface area contributed by atoms with Gasteiger partial charge in [-0.05, 0) is 58.7 Å². The van der Waals surface area contributed by atoms with Crippen molar-refractivity contribution >= 4 is 38.5 Å². The lowest BCUT2D eigenvalue weighted by Crippen LogP contribution is -2.34. The molecule has 0 radical (unpaired) electrons. The van der Waals surface area contributed by atoms with Crippen LogP contribution in [0.25, 0.3) is 11.0 Å². The Balaban J connectivity index is 1.87. The van der Waals surface area contributed by atoms with Crippen molar-refractivity contribution in [2.45, 2.75) is 57.5 Å². The predicted octanol–water partition coefficient (Wildman–Crippen LogP) is 2.76. The Morgan fingerprint density at radius 1 is 1.29 bits per heavy atom. The molecule has 2 aromatic heterocycles. The number of imidazole rings is 1. The monoisotopic (exact) mass is 464 g/mol. The number of aromatic nitrogens is 3. The molecule has 2 heterocycles. The van der Waals surface area contributed by atoms with Crippen LogP contribution >= 0.6 is 11.3 Å². The van der Waals surface area contributed by atoms with Crippen LogP contribution in [0.2, 0.25) is 0 Å². The number of sulfonamides is 1. The standard InChI is InChI=1S/C20H24N4O5S2/c1-5-29-19(26)24-16-10-14(31(27,28)22-20(4)8-9-20)6-7-15(16)23(18(24)25)11-17-12(2)21-13(3)30-17/h6-7,10,22H,5,8-9,11H2,1-4H3. The third kappa shape index (κ3) is 4.04. The predicted molar refractivity (Wildman–Crippen MR) is 117 cm³/mol. The van der Waals surface area contributed by atoms with E-state index in [9.17, 15) is 18.0 Å². The number of ether oxygens (including phenoxy) is 1. The van der Waals surface area contributed by atoms with Crippen molar-refractivity contribution in [2.24, 2.45) is 0 Å². The van der Waals surface area contributed by atoms with Crippen LogP contribution in [0, 0.1) is 13.8 Å². The van der Waals surface area contributed by atoms with Gasteiger partial charge in [-0.2, -0.15) is 4.57 Å². The molecule has 1 fully saturated rings. The molecule has 0 saturated heterocycles. The van der Waals surface area contributed by atoms with E-state index >= 15 is 0 Å². The van der Waals surface area contributed by atoms with Gasteiger partial charge in [0.15, 0.2) is 0 Å². The lowest BCUT2D eigenvalue weighted by atomic mass is 10.3. The summed E-state index contributed by atoms with van der Waals surface area (Å²) in [7, 11) is -3.80. The molecule has 1 aliphatic carbocycles. The molecular weight excluding hydrogens is 440 g/mol. The maximum absolute atomic E-state index is 13.2. The first-order valence-corrected chi connectivity index (χ1v) is 12.2. The van der Waals surface area contributed by atoms with Crippen molar-refractivity contribution in [2.75, 3.05) is 6.61 Å². The fourth-order valence-electron chi connectivity index (χ4n) is 3.46. The third-order valence-electron chi connectivity index (χ3n) is 5.34. The van der Waals surface area contributed by atoms with E-state index < -0.39 is 27.3 Å². The second-order valence-corrected chi connectivity index (χ2v) is 10.9. The summed E-state index contributed by atoms with van der Waals surface area (Å²) in [5, 5.41) is 0.878. The quantitative estimate of drug-likeness (QED) is 0.600. The maximum Gasteiger partial charge on any atom is 0.422 e. The molecule has 9 nitrogen and oxygen atoms in total. The lowest BCUT2D eigenvalue weighted by Gasteiger charge is -2.12. The number of carbonyl (C=O) groups is 1. The second kappa shape index (κ2) is 7.57. The van der Waals surface area contributed by atoms with Crippen molar-refractivity contribution < 1.29 is 17.9 Å². The van der Waals surface area contributed by atoms with Crippen molar-refractivity contribution in [1.29, 1.82) is 0 Å². The van der Waals surface area contributed by atoms with Gasteiger partial charge < -0.3 is 4.74 Å². The van der Waals surface area contributed by atoms with E-state index in [-0.39, 0.29) is 23.6 Å². The van der Waals surface area contributed by atoms with Crippen LogP contribution in [-0.2, 0) is 21.3 Å². The molecule has 0 bridgehead atoms. The number of rotatable bonds is 6. The van der Waals surface area contributed by atoms with Gasteiger partial charge >= 0.3 is 11.8 Å². The fourth-order valence-corrected chi connectivity index (χ4v) is 5.87. The number of carbonyl (C=O) groups excluding carboxylic acids is 1. The average molecular weight is 465 g/mol. The summed E-state index contributed by atoms with van der Waals surface area (Å²) in [6.07, 6.45) is 0.697. The summed E-state index contributed by atoms with van der Waals surface area (Å²) < 4.78 is 35.8. The fraction of sp³-hybridized carbons (Fsp3) is 0.450. The molecule has 0 amide bonds. The van der Waals surface area contributed by atoms with Crippen molar-refractivity contribution in [3.05, 3.63) is 44.3 Å². The largest absolute Gasteiger partial charge is 0.449 e. The van der Waals surface area contributed by atoms with Gasteiger partial charge in [0.25, 0.3) is 0 Å². The number of aryl methyl sites for hydroxylation is 2. The Morgan fingerprint density at radius 2 is 2.00 bits per heavy atom. The SMILES string of the molecule is CCOC(=O)n1c(=O)n(Cc2sc(C)nc2C)c2ccc(S(=O)(=O)NC3(C)CC3)cc21. The Morgan fingerprint density at radius 3 is 2.58 bits per heavy atom. The van der Waals surface area contributed by atoms with Gasteiger partial charge in [-0.3, -0.25) is 4.57 Å². The molecule has 1 saturated carbocycles. The topological polar surface area (TPSA) is 112 Å². The van der Waals surface area contributed by atoms with Gasteiger partial charge in [0.05, 0.1) is 39.8 Å². The van der Waals surface area contributed by atoms with E-state index in [1.165, 1.54) is 28.0 Å². The Hall–Kier alpha value is -2.50. The molecule has 1 aromatic carbocycles. The van der Waals surface area contributed by atoms with Gasteiger partial charge in [0.2, 0.25) is 10.0 Å². The van der Waals surface area contributed by atoms with Crippen LogP contribution < -0.4 is 10.4 Å². The highest BCUT2D eigenvalue weighted by Gasteiger charge is 2.41. The Kier molecular flexibility index (Phi) is 5.31. The second-order valence-electron chi connectivity index (χ2n) is 7.96. The van der Waals surface area contributed by atoms with Gasteiger partial charge in [-0.1, -0.05) is 0 Å². The number of hydrogen-bond acceptors (Lipinski definition) is 7. The summed E-state index contributed by atoms with van der Waals surface area (Å²) in [4.78, 5) is 31.0. The molecule has 0 spiro atoms. The van der Waals surface area contributed by atoms with Crippen molar-refractivity contribution in [3.8, 4) is 0 Å². The maximum atomic E-state index is 13.2. The number of fused-ring (bicyclic) bond motifs is 1. The van der Waals surface area contributed by atoms with E-state index in [0.717, 1.165) is 33.0 Å². The zero-order chi connectivity index (χ0) is 22.6. The zero-order valence-electron chi connectivity index (χ0n) is 17.8. The summed E-state index contributed by atoms with van der Waals surface area (Å²) in [6, 6.07) is 4.36. The first kappa shape index (κ1) is 21.7. The normalized spacial score (nSPS) is 15.4. The van der Waals surface area contributed by atoms with E-state index in [4.69, 9.17) is 4.74 Å². The first-order valence-electron chi connectivity index (χ1n) is 9.94. The van der Waals surface area contributed by atoms with Crippen LogP contribution in [0.15, 0.2) is 27.9 Å². The number of benzene rings is 1. The van der Waals surface area contributed by atoms with Gasteiger partial charge in [-0.15, -0.1) is 11.3 Å².